The van der Waals surface area contributed by atoms with Crippen LogP contribution in [0.2, 0.25) is 0 Å². The molecule has 0 aromatic heterocycles. The first-order valence-electron chi connectivity index (χ1n) is 14.1. The average Bonchev–Trinajstić information content (AvgIpc) is 2.86. The van der Waals surface area contributed by atoms with Gasteiger partial charge in [0.05, 0.1) is 0 Å². The number of rotatable bonds is 9. The van der Waals surface area contributed by atoms with Gasteiger partial charge in [-0.1, -0.05) is 0 Å². The zero-order valence-electron chi connectivity index (χ0n) is 28.0. The highest BCUT2D eigenvalue weighted by molar-refractivity contribution is 7.42. The molecule has 0 aliphatic rings. The number of nitrogens with zero attached hydrogens (tertiary/aromatic N) is 6. The Kier molecular flexibility index (Phi) is 9.56. The molecule has 0 atom stereocenters. The number of benzene rings is 3. The summed E-state index contributed by atoms with van der Waals surface area (Å²) in [7, 11) is 22.2. The summed E-state index contributed by atoms with van der Waals surface area (Å²) in [6.07, 6.45) is 0. The van der Waals surface area contributed by atoms with Gasteiger partial charge in [-0.05, 0) is 73.9 Å². The van der Waals surface area contributed by atoms with Crippen LogP contribution in [0.3, 0.4) is 0 Å². The Bertz CT molecular complexity index is 1160. The second-order valence-electron chi connectivity index (χ2n) is 12.6. The molecule has 0 unspecified atom stereocenters. The molecule has 0 saturated heterocycles. The minimum absolute atomic E-state index is 1.15. The van der Waals surface area contributed by atoms with E-state index in [4.69, 9.17) is 11.1 Å². The zero-order valence-corrected chi connectivity index (χ0v) is 29.8. The van der Waals surface area contributed by atoms with Gasteiger partial charge >= 0.3 is 0 Å². The van der Waals surface area contributed by atoms with Gasteiger partial charge in [0.1, 0.15) is 0 Å². The van der Waals surface area contributed by atoms with Crippen molar-refractivity contribution in [3.63, 3.8) is 0 Å². The lowest BCUT2D eigenvalue weighted by Gasteiger charge is -2.41. The normalized spacial score (nSPS) is 11.4. The third-order valence-electron chi connectivity index (χ3n) is 7.65. The molecule has 224 valence electrons. The number of halogens is 1. The van der Waals surface area contributed by atoms with E-state index < -0.39 is 7.38 Å². The van der Waals surface area contributed by atoms with Crippen LogP contribution < -0.4 is 45.0 Å². The SMILES string of the molecule is Cc1cc(N(C)C)c([Si](Cl)(c2c(N(C)C)cc(C)cc2N(C)C)c2c(N(C)C)cc(C)cc2N(C)C)c(N(C)C)c1. The van der Waals surface area contributed by atoms with Gasteiger partial charge in [-0.3, -0.25) is 0 Å². The summed E-state index contributed by atoms with van der Waals surface area (Å²) in [5.41, 5.74) is 10.6. The lowest BCUT2D eigenvalue weighted by Crippen LogP contribution is -2.67. The van der Waals surface area contributed by atoms with Crippen LogP contribution in [0.15, 0.2) is 36.4 Å². The molecular weight excluding hydrogens is 544 g/mol. The quantitative estimate of drug-likeness (QED) is 0.208. The van der Waals surface area contributed by atoms with Crippen molar-refractivity contribution in [2.75, 3.05) is 114 Å². The Balaban J connectivity index is 2.87. The smallest absolute Gasteiger partial charge is 0.260 e. The molecule has 0 fully saturated rings. The minimum Gasteiger partial charge on any atom is -0.378 e. The van der Waals surface area contributed by atoms with Crippen molar-refractivity contribution in [1.82, 2.24) is 0 Å². The van der Waals surface area contributed by atoms with Crippen LogP contribution in [-0.4, -0.2) is 92.0 Å². The van der Waals surface area contributed by atoms with Crippen molar-refractivity contribution in [2.24, 2.45) is 0 Å². The molecule has 0 heterocycles. The molecule has 0 amide bonds. The first-order chi connectivity index (χ1) is 18.9. The highest BCUT2D eigenvalue weighted by Crippen LogP contribution is 2.37. The predicted molar refractivity (Wildman–Crippen MR) is 190 cm³/mol. The predicted octanol–water partition coefficient (Wildman–Crippen LogP) is 4.21. The molecule has 0 spiro atoms. The number of anilines is 6. The van der Waals surface area contributed by atoms with Gasteiger partial charge in [0.15, 0.2) is 0 Å². The van der Waals surface area contributed by atoms with Crippen LogP contribution in [-0.2, 0) is 0 Å². The summed E-state index contributed by atoms with van der Waals surface area (Å²) in [6, 6.07) is 13.8. The maximum Gasteiger partial charge on any atom is 0.260 e. The van der Waals surface area contributed by atoms with E-state index in [0.29, 0.717) is 0 Å². The van der Waals surface area contributed by atoms with Gasteiger partial charge in [0.2, 0.25) is 0 Å². The largest absolute Gasteiger partial charge is 0.378 e. The maximum atomic E-state index is 8.75. The van der Waals surface area contributed by atoms with Crippen LogP contribution in [0.5, 0.6) is 0 Å². The molecule has 6 nitrogen and oxygen atoms in total. The van der Waals surface area contributed by atoms with Crippen molar-refractivity contribution in [3.8, 4) is 0 Å². The van der Waals surface area contributed by atoms with E-state index in [1.54, 1.807) is 0 Å². The van der Waals surface area contributed by atoms with Crippen LogP contribution in [0.1, 0.15) is 16.7 Å². The standard InChI is InChI=1S/C33H51ClN6Si/c1-22-16-25(35(4)5)31(26(17-22)36(6)7)41(34,32-27(37(8)9)18-23(2)19-28(32)38(10)11)33-29(39(12)13)20-24(3)21-30(33)40(14)15/h16-21H,1-15H3. The van der Waals surface area contributed by atoms with Crippen molar-refractivity contribution in [3.05, 3.63) is 53.1 Å². The summed E-state index contributed by atoms with van der Waals surface area (Å²) in [5, 5.41) is 3.60. The summed E-state index contributed by atoms with van der Waals surface area (Å²) in [5.74, 6) is 0. The molecule has 41 heavy (non-hydrogen) atoms. The third kappa shape index (κ3) is 5.98. The van der Waals surface area contributed by atoms with Crippen molar-refractivity contribution in [1.29, 1.82) is 0 Å². The van der Waals surface area contributed by atoms with Gasteiger partial charge in [0, 0.05) is 134 Å². The van der Waals surface area contributed by atoms with E-state index >= 15 is 0 Å². The fourth-order valence-electron chi connectivity index (χ4n) is 5.80. The second-order valence-corrected chi connectivity index (χ2v) is 17.1. The molecule has 0 bridgehead atoms. The molecule has 8 heteroatoms. The Hall–Kier alpha value is -3.03. The van der Waals surface area contributed by atoms with Gasteiger partial charge in [0.25, 0.3) is 7.38 Å². The van der Waals surface area contributed by atoms with Gasteiger partial charge < -0.3 is 29.4 Å². The van der Waals surface area contributed by atoms with E-state index in [9.17, 15) is 0 Å². The minimum atomic E-state index is -3.37. The van der Waals surface area contributed by atoms with E-state index in [1.807, 2.05) is 0 Å². The first kappa shape index (κ1) is 32.5. The highest BCUT2D eigenvalue weighted by atomic mass is 35.6. The number of hydrogen-bond donors (Lipinski definition) is 0. The van der Waals surface area contributed by atoms with Crippen molar-refractivity contribution in [2.45, 2.75) is 20.8 Å². The summed E-state index contributed by atoms with van der Waals surface area (Å²) in [6.45, 7) is 6.52. The molecule has 0 radical (unpaired) electrons. The van der Waals surface area contributed by atoms with Crippen molar-refractivity contribution < 1.29 is 0 Å². The average molecular weight is 595 g/mol. The van der Waals surface area contributed by atoms with E-state index in [0.717, 1.165) is 34.1 Å². The Morgan fingerprint density at radius 3 is 0.634 bits per heavy atom. The topological polar surface area (TPSA) is 19.4 Å². The lowest BCUT2D eigenvalue weighted by atomic mass is 10.1. The molecule has 3 rings (SSSR count). The Labute approximate surface area is 255 Å². The molecule has 0 N–H and O–H groups in total. The first-order valence-corrected chi connectivity index (χ1v) is 17.1. The van der Waals surface area contributed by atoms with Gasteiger partial charge in [-0.2, -0.15) is 0 Å². The fraction of sp³-hybridized carbons (Fsp3) is 0.455. The summed E-state index contributed by atoms with van der Waals surface area (Å²) >= 11 is 8.75. The van der Waals surface area contributed by atoms with Crippen molar-refractivity contribution >= 4 is 68.1 Å². The summed E-state index contributed by atoms with van der Waals surface area (Å²) < 4.78 is 0. The monoisotopic (exact) mass is 594 g/mol. The molecule has 0 aliphatic carbocycles. The van der Waals surface area contributed by atoms with Crippen LogP contribution in [0.4, 0.5) is 34.1 Å². The molecule has 3 aromatic rings. The Morgan fingerprint density at radius 2 is 0.512 bits per heavy atom. The molecule has 0 aliphatic heterocycles. The summed E-state index contributed by atoms with van der Waals surface area (Å²) in [4.78, 5) is 13.4. The number of hydrogen-bond acceptors (Lipinski definition) is 6. The third-order valence-corrected chi connectivity index (χ3v) is 13.0. The van der Waals surface area contributed by atoms with E-state index in [2.05, 4.69) is 171 Å². The van der Waals surface area contributed by atoms with E-state index in [1.165, 1.54) is 32.3 Å². The van der Waals surface area contributed by atoms with Crippen LogP contribution in [0.25, 0.3) is 0 Å². The fourth-order valence-corrected chi connectivity index (χ4v) is 12.2. The zero-order chi connectivity index (χ0) is 31.1. The Morgan fingerprint density at radius 1 is 0.366 bits per heavy atom. The molecule has 3 aromatic carbocycles. The van der Waals surface area contributed by atoms with Crippen LogP contribution >= 0.6 is 11.1 Å². The molecular formula is C33H51ClN6Si. The molecule has 0 saturated carbocycles. The second kappa shape index (κ2) is 12.1. The highest BCUT2D eigenvalue weighted by Gasteiger charge is 2.50. The van der Waals surface area contributed by atoms with E-state index in [-0.39, 0.29) is 0 Å². The van der Waals surface area contributed by atoms with Gasteiger partial charge in [-0.25, -0.2) is 0 Å². The van der Waals surface area contributed by atoms with Crippen LogP contribution in [0, 0.1) is 20.8 Å². The number of aryl methyl sites for hydroxylation is 3. The van der Waals surface area contributed by atoms with Gasteiger partial charge in [-0.15, -0.1) is 11.1 Å². The maximum absolute atomic E-state index is 8.75. The lowest BCUT2D eigenvalue weighted by molar-refractivity contribution is 1.10.